The summed E-state index contributed by atoms with van der Waals surface area (Å²) in [6.07, 6.45) is 0. The van der Waals surface area contributed by atoms with Crippen molar-refractivity contribution in [1.29, 1.82) is 0 Å². The molecule has 1 heterocycles. The third-order valence-corrected chi connectivity index (χ3v) is 2.87. The van der Waals surface area contributed by atoms with Crippen molar-refractivity contribution in [3.63, 3.8) is 0 Å². The number of hydrogen-bond donors (Lipinski definition) is 4. The quantitative estimate of drug-likeness (QED) is 0.484. The van der Waals surface area contributed by atoms with Gasteiger partial charge in [-0.1, -0.05) is 0 Å². The number of carbonyl (C=O) groups is 3. The topological polar surface area (TPSA) is 119 Å². The van der Waals surface area contributed by atoms with Crippen molar-refractivity contribution in [3.05, 3.63) is 0 Å². The van der Waals surface area contributed by atoms with E-state index in [4.69, 9.17) is 10.2 Å². The summed E-state index contributed by atoms with van der Waals surface area (Å²) < 4.78 is 0. The van der Waals surface area contributed by atoms with Crippen LogP contribution in [0.5, 0.6) is 0 Å². The number of aliphatic hydroxyl groups is 1. The zero-order valence-corrected chi connectivity index (χ0v) is 10.3. The molecule has 1 aliphatic heterocycles. The van der Waals surface area contributed by atoms with E-state index in [2.05, 4.69) is 10.6 Å². The van der Waals surface area contributed by atoms with Crippen LogP contribution in [-0.2, 0) is 9.59 Å². The lowest BCUT2D eigenvalue weighted by molar-refractivity contribution is -0.140. The molecule has 1 fully saturated rings. The number of rotatable bonds is 3. The Morgan fingerprint density at radius 3 is 2.67 bits per heavy atom. The molecular weight excluding hydrogens is 242 g/mol. The maximum Gasteiger partial charge on any atom is 0.328 e. The Hall–Kier alpha value is -1.83. The molecule has 1 aliphatic rings. The molecule has 0 saturated carbocycles. The number of piperazine rings is 1. The number of aliphatic carboxylic acids is 1. The van der Waals surface area contributed by atoms with Crippen molar-refractivity contribution in [1.82, 2.24) is 15.5 Å². The number of carboxylic acids is 1. The molecular formula is C10H17N3O5. The molecule has 0 aromatic rings. The molecule has 1 saturated heterocycles. The third-order valence-electron chi connectivity index (χ3n) is 2.87. The van der Waals surface area contributed by atoms with Gasteiger partial charge >= 0.3 is 12.0 Å². The molecule has 0 bridgehead atoms. The van der Waals surface area contributed by atoms with E-state index in [1.807, 2.05) is 0 Å². The Balaban J connectivity index is 2.77. The van der Waals surface area contributed by atoms with Crippen LogP contribution in [0.25, 0.3) is 0 Å². The molecule has 102 valence electrons. The number of carboxylic acid groups (broad SMARTS) is 1. The fourth-order valence-corrected chi connectivity index (χ4v) is 1.67. The molecule has 0 unspecified atom stereocenters. The molecule has 0 radical (unpaired) electrons. The van der Waals surface area contributed by atoms with Gasteiger partial charge in [0.15, 0.2) is 6.04 Å². The highest BCUT2D eigenvalue weighted by molar-refractivity contribution is 5.92. The zero-order chi connectivity index (χ0) is 13.9. The van der Waals surface area contributed by atoms with Crippen LogP contribution in [0.15, 0.2) is 0 Å². The van der Waals surface area contributed by atoms with Gasteiger partial charge in [0.05, 0.1) is 6.61 Å². The Labute approximate surface area is 104 Å². The van der Waals surface area contributed by atoms with E-state index in [0.717, 1.165) is 0 Å². The Bertz CT molecular complexity index is 369. The second kappa shape index (κ2) is 5.21. The maximum atomic E-state index is 11.9. The van der Waals surface area contributed by atoms with Gasteiger partial charge in [-0.05, 0) is 13.8 Å². The van der Waals surface area contributed by atoms with E-state index < -0.39 is 30.2 Å². The normalized spacial score (nSPS) is 19.9. The van der Waals surface area contributed by atoms with Crippen LogP contribution < -0.4 is 10.6 Å². The zero-order valence-electron chi connectivity index (χ0n) is 10.3. The van der Waals surface area contributed by atoms with Crippen molar-refractivity contribution in [2.75, 3.05) is 19.7 Å². The van der Waals surface area contributed by atoms with Gasteiger partial charge in [-0.25, -0.2) is 9.59 Å². The Morgan fingerprint density at radius 1 is 1.56 bits per heavy atom. The van der Waals surface area contributed by atoms with Gasteiger partial charge in [-0.15, -0.1) is 0 Å². The molecule has 18 heavy (non-hydrogen) atoms. The van der Waals surface area contributed by atoms with Gasteiger partial charge in [0.1, 0.15) is 5.54 Å². The van der Waals surface area contributed by atoms with Gasteiger partial charge in [0.2, 0.25) is 5.91 Å². The number of nitrogens with zero attached hydrogens (tertiary/aromatic N) is 1. The summed E-state index contributed by atoms with van der Waals surface area (Å²) in [5, 5.41) is 22.4. The molecule has 0 spiro atoms. The van der Waals surface area contributed by atoms with Gasteiger partial charge in [-0.2, -0.15) is 0 Å². The Kier molecular flexibility index (Phi) is 4.12. The summed E-state index contributed by atoms with van der Waals surface area (Å²) >= 11 is 0. The van der Waals surface area contributed by atoms with Gasteiger partial charge in [0, 0.05) is 13.1 Å². The van der Waals surface area contributed by atoms with Crippen LogP contribution in [0, 0.1) is 0 Å². The highest BCUT2D eigenvalue weighted by Gasteiger charge is 2.41. The number of nitrogens with one attached hydrogen (secondary N) is 2. The molecule has 3 amide bonds. The second-order valence-electron chi connectivity index (χ2n) is 4.49. The summed E-state index contributed by atoms with van der Waals surface area (Å²) in [7, 11) is 0. The highest BCUT2D eigenvalue weighted by atomic mass is 16.4. The smallest absolute Gasteiger partial charge is 0.328 e. The van der Waals surface area contributed by atoms with Gasteiger partial charge in [0.25, 0.3) is 0 Å². The highest BCUT2D eigenvalue weighted by Crippen LogP contribution is 2.17. The van der Waals surface area contributed by atoms with E-state index >= 15 is 0 Å². The minimum atomic E-state index is -1.38. The first-order chi connectivity index (χ1) is 8.30. The third kappa shape index (κ3) is 2.70. The Morgan fingerprint density at radius 2 is 2.17 bits per heavy atom. The minimum Gasteiger partial charge on any atom is -0.480 e. The average Bonchev–Trinajstić information content (AvgIpc) is 2.28. The largest absolute Gasteiger partial charge is 0.480 e. The SMILES string of the molecule is CC1(C)C(=O)NCCN1C(=O)N[C@@H](CO)C(=O)O. The molecule has 1 rings (SSSR count). The van der Waals surface area contributed by atoms with Crippen molar-refractivity contribution in [2.45, 2.75) is 25.4 Å². The van der Waals surface area contributed by atoms with E-state index in [9.17, 15) is 14.4 Å². The molecule has 0 aromatic carbocycles. The van der Waals surface area contributed by atoms with Gasteiger partial charge in [-0.3, -0.25) is 4.79 Å². The van der Waals surface area contributed by atoms with Crippen molar-refractivity contribution >= 4 is 17.9 Å². The van der Waals surface area contributed by atoms with E-state index in [1.165, 1.54) is 4.90 Å². The lowest BCUT2D eigenvalue weighted by Gasteiger charge is -2.41. The lowest BCUT2D eigenvalue weighted by Crippen LogP contribution is -2.66. The maximum absolute atomic E-state index is 11.9. The number of urea groups is 1. The number of aliphatic hydroxyl groups excluding tert-OH is 1. The minimum absolute atomic E-state index is 0.280. The standard InChI is InChI=1S/C10H17N3O5/c1-10(2)8(17)11-3-4-13(10)9(18)12-6(5-14)7(15)16/h6,14H,3-5H2,1-2H3,(H,11,17)(H,12,18)(H,15,16)/t6-/m0/s1. The van der Waals surface area contributed by atoms with Crippen LogP contribution in [0.4, 0.5) is 4.79 Å². The number of amides is 3. The first-order valence-electron chi connectivity index (χ1n) is 5.50. The van der Waals surface area contributed by atoms with Crippen LogP contribution in [0.2, 0.25) is 0 Å². The van der Waals surface area contributed by atoms with Crippen LogP contribution in [0.1, 0.15) is 13.8 Å². The van der Waals surface area contributed by atoms with Gasteiger partial charge < -0.3 is 25.7 Å². The summed E-state index contributed by atoms with van der Waals surface area (Å²) in [6, 6.07) is -2.06. The second-order valence-corrected chi connectivity index (χ2v) is 4.49. The van der Waals surface area contributed by atoms with E-state index in [0.29, 0.717) is 6.54 Å². The molecule has 8 heteroatoms. The predicted molar refractivity (Wildman–Crippen MR) is 60.8 cm³/mol. The molecule has 0 aromatic heterocycles. The predicted octanol–water partition coefficient (Wildman–Crippen LogP) is -1.65. The molecule has 0 aliphatic carbocycles. The average molecular weight is 259 g/mol. The van der Waals surface area contributed by atoms with Crippen molar-refractivity contribution in [3.8, 4) is 0 Å². The van der Waals surface area contributed by atoms with Crippen molar-refractivity contribution in [2.24, 2.45) is 0 Å². The van der Waals surface area contributed by atoms with Crippen LogP contribution in [0.3, 0.4) is 0 Å². The summed E-state index contributed by atoms with van der Waals surface area (Å²) in [5.41, 5.74) is -1.05. The summed E-state index contributed by atoms with van der Waals surface area (Å²) in [4.78, 5) is 35.5. The molecule has 8 nitrogen and oxygen atoms in total. The summed E-state index contributed by atoms with van der Waals surface area (Å²) in [5.74, 6) is -1.63. The lowest BCUT2D eigenvalue weighted by atomic mass is 9.99. The summed E-state index contributed by atoms with van der Waals surface area (Å²) in [6.45, 7) is 3.02. The fraction of sp³-hybridized carbons (Fsp3) is 0.700. The van der Waals surface area contributed by atoms with E-state index in [1.54, 1.807) is 13.8 Å². The van der Waals surface area contributed by atoms with Crippen LogP contribution >= 0.6 is 0 Å². The number of carbonyl (C=O) groups excluding carboxylic acids is 2. The molecule has 4 N–H and O–H groups in total. The number of hydrogen-bond acceptors (Lipinski definition) is 4. The first-order valence-corrected chi connectivity index (χ1v) is 5.50. The first kappa shape index (κ1) is 14.2. The fourth-order valence-electron chi connectivity index (χ4n) is 1.67. The van der Waals surface area contributed by atoms with Crippen molar-refractivity contribution < 1.29 is 24.6 Å². The van der Waals surface area contributed by atoms with E-state index in [-0.39, 0.29) is 12.5 Å². The molecule has 1 atom stereocenters. The monoisotopic (exact) mass is 259 g/mol. The van der Waals surface area contributed by atoms with Crippen LogP contribution in [-0.4, -0.2) is 64.3 Å².